The Labute approximate surface area is 121 Å². The highest BCUT2D eigenvalue weighted by Gasteiger charge is 1.98. The first-order valence-corrected chi connectivity index (χ1v) is 8.57. The lowest BCUT2D eigenvalue weighted by Gasteiger charge is -2.06. The number of aliphatic hydroxyl groups is 1. The van der Waals surface area contributed by atoms with Crippen LogP contribution in [0, 0.1) is 5.92 Å². The van der Waals surface area contributed by atoms with Crippen molar-refractivity contribution in [3.8, 4) is 0 Å². The Kier molecular flexibility index (Phi) is 15.5. The highest BCUT2D eigenvalue weighted by atomic mass is 16.3. The van der Waals surface area contributed by atoms with E-state index in [9.17, 15) is 0 Å². The number of rotatable bonds is 14. The molecule has 0 saturated carbocycles. The smallest absolute Gasteiger partial charge is 0.0433 e. The van der Waals surface area contributed by atoms with Crippen molar-refractivity contribution in [1.82, 2.24) is 0 Å². The van der Waals surface area contributed by atoms with Crippen LogP contribution in [-0.2, 0) is 0 Å². The second-order valence-electron chi connectivity index (χ2n) is 5.93. The van der Waals surface area contributed by atoms with E-state index in [0.717, 1.165) is 6.42 Å². The molecule has 0 aliphatic heterocycles. The van der Waals surface area contributed by atoms with Crippen LogP contribution in [0.5, 0.6) is 0 Å². The van der Waals surface area contributed by atoms with Gasteiger partial charge < -0.3 is 5.11 Å². The number of allylic oxidation sites excluding steroid dienone is 2. The van der Waals surface area contributed by atoms with Crippen LogP contribution >= 0.6 is 0 Å². The van der Waals surface area contributed by atoms with Crippen LogP contribution in [0.3, 0.4) is 0 Å². The van der Waals surface area contributed by atoms with Gasteiger partial charge in [-0.15, -0.1) is 0 Å². The van der Waals surface area contributed by atoms with Crippen molar-refractivity contribution in [1.29, 1.82) is 0 Å². The van der Waals surface area contributed by atoms with Gasteiger partial charge in [0, 0.05) is 6.61 Å². The average Bonchev–Trinajstić information content (AvgIpc) is 2.40. The summed E-state index contributed by atoms with van der Waals surface area (Å²) in [5.41, 5.74) is 0. The summed E-state index contributed by atoms with van der Waals surface area (Å²) in [6, 6.07) is 0. The fraction of sp³-hybridized carbons (Fsp3) is 0.889. The van der Waals surface area contributed by atoms with Crippen LogP contribution in [0.25, 0.3) is 0 Å². The average molecular weight is 268 g/mol. The van der Waals surface area contributed by atoms with Crippen LogP contribution in [-0.4, -0.2) is 11.7 Å². The quantitative estimate of drug-likeness (QED) is 0.308. The van der Waals surface area contributed by atoms with Gasteiger partial charge >= 0.3 is 0 Å². The largest absolute Gasteiger partial charge is 0.396 e. The minimum Gasteiger partial charge on any atom is -0.396 e. The SMILES string of the molecule is CCCCCCCCCCC=CCCC(C)CCO. The topological polar surface area (TPSA) is 20.2 Å². The van der Waals surface area contributed by atoms with E-state index in [2.05, 4.69) is 26.0 Å². The summed E-state index contributed by atoms with van der Waals surface area (Å²) in [6.07, 6.45) is 20.5. The highest BCUT2D eigenvalue weighted by Crippen LogP contribution is 2.12. The molecule has 0 radical (unpaired) electrons. The summed E-state index contributed by atoms with van der Waals surface area (Å²) in [6.45, 7) is 4.84. The predicted molar refractivity (Wildman–Crippen MR) is 86.5 cm³/mol. The third-order valence-electron chi connectivity index (χ3n) is 3.84. The number of unbranched alkanes of at least 4 members (excludes halogenated alkanes) is 8. The van der Waals surface area contributed by atoms with Crippen LogP contribution in [0.4, 0.5) is 0 Å². The van der Waals surface area contributed by atoms with E-state index in [1.165, 1.54) is 70.6 Å². The van der Waals surface area contributed by atoms with Gasteiger partial charge in [-0.3, -0.25) is 0 Å². The molecule has 1 atom stereocenters. The van der Waals surface area contributed by atoms with Crippen LogP contribution < -0.4 is 0 Å². The highest BCUT2D eigenvalue weighted by molar-refractivity contribution is 4.81. The number of hydrogen-bond donors (Lipinski definition) is 1. The minimum atomic E-state index is 0.336. The molecule has 0 aromatic carbocycles. The molecule has 0 aromatic heterocycles. The molecule has 1 N–H and O–H groups in total. The summed E-state index contributed by atoms with van der Waals surface area (Å²) in [5, 5.41) is 8.81. The fourth-order valence-electron chi connectivity index (χ4n) is 2.38. The first-order valence-electron chi connectivity index (χ1n) is 8.57. The molecule has 0 aromatic rings. The zero-order valence-corrected chi connectivity index (χ0v) is 13.4. The fourth-order valence-corrected chi connectivity index (χ4v) is 2.38. The molecule has 0 spiro atoms. The molecule has 19 heavy (non-hydrogen) atoms. The van der Waals surface area contributed by atoms with Gasteiger partial charge in [0.15, 0.2) is 0 Å². The summed E-state index contributed by atoms with van der Waals surface area (Å²) < 4.78 is 0. The van der Waals surface area contributed by atoms with Gasteiger partial charge in [0.25, 0.3) is 0 Å². The molecule has 1 unspecified atom stereocenters. The molecule has 0 heterocycles. The molecule has 0 fully saturated rings. The standard InChI is InChI=1S/C18H36O/c1-3-4-5-6-7-8-9-10-11-12-13-14-15-18(2)16-17-19/h12-13,18-19H,3-11,14-17H2,1-2H3. The molecule has 0 bridgehead atoms. The monoisotopic (exact) mass is 268 g/mol. The Morgan fingerprint density at radius 1 is 0.789 bits per heavy atom. The van der Waals surface area contributed by atoms with Gasteiger partial charge in [0.2, 0.25) is 0 Å². The van der Waals surface area contributed by atoms with Crippen LogP contribution in [0.2, 0.25) is 0 Å². The number of hydrogen-bond acceptors (Lipinski definition) is 1. The minimum absolute atomic E-state index is 0.336. The van der Waals surface area contributed by atoms with Gasteiger partial charge in [-0.2, -0.15) is 0 Å². The van der Waals surface area contributed by atoms with Gasteiger partial charge in [0.05, 0.1) is 0 Å². The lowest BCUT2D eigenvalue weighted by Crippen LogP contribution is -1.96. The Morgan fingerprint density at radius 2 is 1.37 bits per heavy atom. The molecular weight excluding hydrogens is 232 g/mol. The van der Waals surface area contributed by atoms with E-state index in [0.29, 0.717) is 12.5 Å². The second kappa shape index (κ2) is 15.8. The molecule has 0 amide bonds. The summed E-state index contributed by atoms with van der Waals surface area (Å²) in [7, 11) is 0. The molecule has 0 aliphatic rings. The molecule has 0 saturated heterocycles. The maximum Gasteiger partial charge on any atom is 0.0433 e. The van der Waals surface area contributed by atoms with E-state index in [4.69, 9.17) is 5.11 Å². The number of aliphatic hydroxyl groups excluding tert-OH is 1. The molecule has 0 rings (SSSR count). The molecule has 0 aliphatic carbocycles. The van der Waals surface area contributed by atoms with Crippen molar-refractivity contribution in [2.75, 3.05) is 6.61 Å². The molecule has 114 valence electrons. The lowest BCUT2D eigenvalue weighted by atomic mass is 10.0. The van der Waals surface area contributed by atoms with Gasteiger partial charge in [0.1, 0.15) is 0 Å². The first-order chi connectivity index (χ1) is 9.31. The van der Waals surface area contributed by atoms with Crippen molar-refractivity contribution in [2.24, 2.45) is 5.92 Å². The Hall–Kier alpha value is -0.300. The van der Waals surface area contributed by atoms with Gasteiger partial charge in [-0.05, 0) is 38.0 Å². The van der Waals surface area contributed by atoms with E-state index >= 15 is 0 Å². The van der Waals surface area contributed by atoms with Crippen molar-refractivity contribution < 1.29 is 5.11 Å². The normalized spacial score (nSPS) is 13.2. The van der Waals surface area contributed by atoms with Gasteiger partial charge in [-0.1, -0.05) is 70.9 Å². The van der Waals surface area contributed by atoms with Gasteiger partial charge in [-0.25, -0.2) is 0 Å². The zero-order chi connectivity index (χ0) is 14.2. The molecular formula is C18H36O. The second-order valence-corrected chi connectivity index (χ2v) is 5.93. The lowest BCUT2D eigenvalue weighted by molar-refractivity contribution is 0.259. The molecule has 1 nitrogen and oxygen atoms in total. The maximum atomic E-state index is 8.81. The first kappa shape index (κ1) is 18.7. The summed E-state index contributed by atoms with van der Waals surface area (Å²) >= 11 is 0. The summed E-state index contributed by atoms with van der Waals surface area (Å²) in [5.74, 6) is 0.665. The maximum absolute atomic E-state index is 8.81. The Balaban J connectivity index is 3.12. The van der Waals surface area contributed by atoms with E-state index in [-0.39, 0.29) is 0 Å². The van der Waals surface area contributed by atoms with Crippen molar-refractivity contribution in [2.45, 2.75) is 90.9 Å². The Morgan fingerprint density at radius 3 is 2.00 bits per heavy atom. The predicted octanol–water partition coefficient (Wildman–Crippen LogP) is 5.87. The van der Waals surface area contributed by atoms with Crippen LogP contribution in [0.15, 0.2) is 12.2 Å². The van der Waals surface area contributed by atoms with E-state index in [1.807, 2.05) is 0 Å². The van der Waals surface area contributed by atoms with Crippen molar-refractivity contribution in [3.05, 3.63) is 12.2 Å². The zero-order valence-electron chi connectivity index (χ0n) is 13.4. The third-order valence-corrected chi connectivity index (χ3v) is 3.84. The summed E-state index contributed by atoms with van der Waals surface area (Å²) in [4.78, 5) is 0. The van der Waals surface area contributed by atoms with E-state index < -0.39 is 0 Å². The van der Waals surface area contributed by atoms with E-state index in [1.54, 1.807) is 0 Å². The third kappa shape index (κ3) is 15.6. The van der Waals surface area contributed by atoms with Crippen molar-refractivity contribution in [3.63, 3.8) is 0 Å². The van der Waals surface area contributed by atoms with Crippen LogP contribution in [0.1, 0.15) is 90.9 Å². The van der Waals surface area contributed by atoms with Crippen molar-refractivity contribution >= 4 is 0 Å². The Bertz CT molecular complexity index is 186. The molecule has 1 heteroatoms.